The van der Waals surface area contributed by atoms with Crippen LogP contribution in [0.25, 0.3) is 0 Å². The van der Waals surface area contributed by atoms with E-state index in [0.717, 1.165) is 17.4 Å². The van der Waals surface area contributed by atoms with Crippen molar-refractivity contribution in [2.75, 3.05) is 0 Å². The Balaban J connectivity index is 1.59. The van der Waals surface area contributed by atoms with E-state index < -0.39 is 12.1 Å². The summed E-state index contributed by atoms with van der Waals surface area (Å²) in [6, 6.07) is 18.5. The van der Waals surface area contributed by atoms with Crippen molar-refractivity contribution in [3.05, 3.63) is 71.8 Å². The number of rotatable bonds is 6. The molecule has 0 radical (unpaired) electrons. The molecule has 1 aliphatic heterocycles. The van der Waals surface area contributed by atoms with Crippen LogP contribution in [0, 0.1) is 0 Å². The van der Waals surface area contributed by atoms with Gasteiger partial charge in [-0.1, -0.05) is 60.7 Å². The van der Waals surface area contributed by atoms with Crippen LogP contribution >= 0.6 is 0 Å². The van der Waals surface area contributed by atoms with Gasteiger partial charge >= 0.3 is 6.09 Å². The highest BCUT2D eigenvalue weighted by molar-refractivity contribution is 5.75. The Morgan fingerprint density at radius 1 is 1.04 bits per heavy atom. The zero-order chi connectivity index (χ0) is 18.4. The first-order valence-electron chi connectivity index (χ1n) is 8.79. The van der Waals surface area contributed by atoms with E-state index in [1.54, 1.807) is 0 Å². The first-order valence-corrected chi connectivity index (χ1v) is 8.79. The van der Waals surface area contributed by atoms with Crippen molar-refractivity contribution >= 4 is 12.4 Å². The molecular weight excluding hydrogens is 330 g/mol. The summed E-state index contributed by atoms with van der Waals surface area (Å²) in [4.78, 5) is 25.6. The van der Waals surface area contributed by atoms with E-state index in [1.165, 1.54) is 4.90 Å². The van der Waals surface area contributed by atoms with Gasteiger partial charge in [-0.25, -0.2) is 4.79 Å². The van der Waals surface area contributed by atoms with Gasteiger partial charge in [0, 0.05) is 6.04 Å². The van der Waals surface area contributed by atoms with Gasteiger partial charge in [-0.05, 0) is 24.5 Å². The van der Waals surface area contributed by atoms with E-state index in [2.05, 4.69) is 0 Å². The lowest BCUT2D eigenvalue weighted by molar-refractivity contribution is -0.115. The summed E-state index contributed by atoms with van der Waals surface area (Å²) in [6.45, 7) is 2.51. The molecule has 0 bridgehead atoms. The summed E-state index contributed by atoms with van der Waals surface area (Å²) in [5.74, 6) is 0. The maximum atomic E-state index is 12.5. The van der Waals surface area contributed by atoms with Gasteiger partial charge in [0.1, 0.15) is 18.9 Å². The summed E-state index contributed by atoms with van der Waals surface area (Å²) < 4.78 is 11.3. The number of carbonyl (C=O) groups excluding carboxylic acids is 2. The summed E-state index contributed by atoms with van der Waals surface area (Å²) in [7, 11) is 0. The van der Waals surface area contributed by atoms with Crippen molar-refractivity contribution in [1.82, 2.24) is 4.90 Å². The van der Waals surface area contributed by atoms with Crippen LogP contribution in [-0.2, 0) is 27.5 Å². The number of amides is 1. The molecule has 5 nitrogen and oxygen atoms in total. The second-order valence-electron chi connectivity index (χ2n) is 6.49. The maximum Gasteiger partial charge on any atom is 0.411 e. The molecule has 0 aromatic heterocycles. The normalized spacial score (nSPS) is 22.2. The Hall–Kier alpha value is -2.66. The standard InChI is InChI=1S/C21H23NO4/c1-16-12-20(25-14-17-8-4-2-5-9-17)19(13-23)22(16)21(24)26-15-18-10-6-3-7-11-18/h2-11,13,16,19-20H,12,14-15H2,1H3/t16-,19+,20?/m1/s1. The number of aldehydes is 1. The number of hydrogen-bond acceptors (Lipinski definition) is 4. The van der Waals surface area contributed by atoms with Crippen LogP contribution in [0.4, 0.5) is 4.79 Å². The highest BCUT2D eigenvalue weighted by atomic mass is 16.6. The fourth-order valence-electron chi connectivity index (χ4n) is 3.25. The third-order valence-corrected chi connectivity index (χ3v) is 4.61. The smallest absolute Gasteiger partial charge is 0.411 e. The second kappa shape index (κ2) is 8.63. The topological polar surface area (TPSA) is 55.8 Å². The van der Waals surface area contributed by atoms with Crippen LogP contribution in [0.1, 0.15) is 24.5 Å². The summed E-state index contributed by atoms with van der Waals surface area (Å²) >= 11 is 0. The fourth-order valence-corrected chi connectivity index (χ4v) is 3.25. The van der Waals surface area contributed by atoms with E-state index in [4.69, 9.17) is 9.47 Å². The van der Waals surface area contributed by atoms with Crippen molar-refractivity contribution in [3.63, 3.8) is 0 Å². The highest BCUT2D eigenvalue weighted by Gasteiger charge is 2.43. The van der Waals surface area contributed by atoms with Crippen LogP contribution < -0.4 is 0 Å². The molecule has 0 aliphatic carbocycles. The molecule has 136 valence electrons. The minimum absolute atomic E-state index is 0.116. The van der Waals surface area contributed by atoms with Crippen molar-refractivity contribution in [2.45, 2.75) is 44.7 Å². The van der Waals surface area contributed by atoms with Crippen LogP contribution in [0.5, 0.6) is 0 Å². The average molecular weight is 353 g/mol. The Kier molecular flexibility index (Phi) is 6.02. The van der Waals surface area contributed by atoms with Crippen LogP contribution in [0.15, 0.2) is 60.7 Å². The van der Waals surface area contributed by atoms with E-state index in [0.29, 0.717) is 13.0 Å². The molecule has 1 fully saturated rings. The lowest BCUT2D eigenvalue weighted by Crippen LogP contribution is -2.44. The van der Waals surface area contributed by atoms with Gasteiger partial charge in [-0.3, -0.25) is 4.90 Å². The van der Waals surface area contributed by atoms with Gasteiger partial charge in [0.15, 0.2) is 0 Å². The number of ether oxygens (including phenoxy) is 2. The molecule has 26 heavy (non-hydrogen) atoms. The molecule has 1 heterocycles. The molecule has 5 heteroatoms. The van der Waals surface area contributed by atoms with E-state index in [-0.39, 0.29) is 18.8 Å². The Bertz CT molecular complexity index is 719. The Morgan fingerprint density at radius 3 is 2.19 bits per heavy atom. The van der Waals surface area contributed by atoms with Crippen molar-refractivity contribution < 1.29 is 19.1 Å². The number of nitrogens with zero attached hydrogens (tertiary/aromatic N) is 1. The van der Waals surface area contributed by atoms with Crippen molar-refractivity contribution in [2.24, 2.45) is 0 Å². The summed E-state index contributed by atoms with van der Waals surface area (Å²) in [5.41, 5.74) is 1.95. The van der Waals surface area contributed by atoms with Gasteiger partial charge in [0.05, 0.1) is 12.7 Å². The minimum atomic E-state index is -0.628. The molecule has 1 amide bonds. The molecule has 1 unspecified atom stereocenters. The van der Waals surface area contributed by atoms with Gasteiger partial charge in [-0.15, -0.1) is 0 Å². The minimum Gasteiger partial charge on any atom is -0.445 e. The highest BCUT2D eigenvalue weighted by Crippen LogP contribution is 2.27. The van der Waals surface area contributed by atoms with Crippen molar-refractivity contribution in [3.8, 4) is 0 Å². The summed E-state index contributed by atoms with van der Waals surface area (Å²) in [6.07, 6.45) is 0.579. The number of hydrogen-bond donors (Lipinski definition) is 0. The van der Waals surface area contributed by atoms with Gasteiger partial charge in [0.25, 0.3) is 0 Å². The predicted molar refractivity (Wildman–Crippen MR) is 97.4 cm³/mol. The largest absolute Gasteiger partial charge is 0.445 e. The van der Waals surface area contributed by atoms with E-state index in [1.807, 2.05) is 67.6 Å². The van der Waals surface area contributed by atoms with Crippen LogP contribution in [0.2, 0.25) is 0 Å². The molecule has 2 aromatic carbocycles. The molecule has 0 saturated carbocycles. The molecule has 1 saturated heterocycles. The second-order valence-corrected chi connectivity index (χ2v) is 6.49. The monoisotopic (exact) mass is 353 g/mol. The number of carbonyl (C=O) groups is 2. The first-order chi connectivity index (χ1) is 12.7. The first kappa shape index (κ1) is 18.1. The molecule has 3 rings (SSSR count). The average Bonchev–Trinajstić information content (AvgIpc) is 3.01. The SMILES string of the molecule is C[C@@H]1CC(OCc2ccccc2)[C@H](C=O)N1C(=O)OCc1ccccc1. The van der Waals surface area contributed by atoms with Crippen LogP contribution in [-0.4, -0.2) is 35.5 Å². The molecule has 2 aromatic rings. The molecule has 1 aliphatic rings. The molecule has 0 N–H and O–H groups in total. The number of likely N-dealkylation sites (tertiary alicyclic amines) is 1. The third kappa shape index (κ3) is 4.29. The molecule has 0 spiro atoms. The van der Waals surface area contributed by atoms with Crippen LogP contribution in [0.3, 0.4) is 0 Å². The summed E-state index contributed by atoms with van der Waals surface area (Å²) in [5, 5.41) is 0. The number of benzene rings is 2. The van der Waals surface area contributed by atoms with E-state index in [9.17, 15) is 9.59 Å². The lowest BCUT2D eigenvalue weighted by atomic mass is 10.1. The van der Waals surface area contributed by atoms with Gasteiger partial charge in [-0.2, -0.15) is 0 Å². The van der Waals surface area contributed by atoms with Gasteiger partial charge < -0.3 is 14.3 Å². The zero-order valence-electron chi connectivity index (χ0n) is 14.8. The van der Waals surface area contributed by atoms with Gasteiger partial charge in [0.2, 0.25) is 0 Å². The molecular formula is C21H23NO4. The van der Waals surface area contributed by atoms with E-state index >= 15 is 0 Å². The lowest BCUT2D eigenvalue weighted by Gasteiger charge is -2.25. The zero-order valence-corrected chi connectivity index (χ0v) is 14.8. The third-order valence-electron chi connectivity index (χ3n) is 4.61. The Morgan fingerprint density at radius 2 is 1.62 bits per heavy atom. The maximum absolute atomic E-state index is 12.5. The van der Waals surface area contributed by atoms with Crippen molar-refractivity contribution in [1.29, 1.82) is 0 Å². The molecule has 3 atom stereocenters. The predicted octanol–water partition coefficient (Wildman–Crippen LogP) is 3.57. The Labute approximate surface area is 153 Å². The fraction of sp³-hybridized carbons (Fsp3) is 0.333. The quantitative estimate of drug-likeness (QED) is 0.745.